The Morgan fingerprint density at radius 1 is 1.00 bits per heavy atom. The Morgan fingerprint density at radius 3 is 2.45 bits per heavy atom. The average molecular weight is 286 g/mol. The molecule has 104 valence electrons. The van der Waals surface area contributed by atoms with Crippen molar-refractivity contribution in [2.75, 3.05) is 18.4 Å². The van der Waals surface area contributed by atoms with E-state index in [4.69, 9.17) is 12.2 Å². The highest BCUT2D eigenvalue weighted by atomic mass is 32.1. The number of fused-ring (bicyclic) bond motifs is 1. The van der Waals surface area contributed by atoms with Crippen molar-refractivity contribution in [3.63, 3.8) is 0 Å². The van der Waals surface area contributed by atoms with Gasteiger partial charge in [0.05, 0.1) is 11.0 Å². The van der Waals surface area contributed by atoms with Crippen molar-refractivity contribution >= 4 is 34.1 Å². The maximum absolute atomic E-state index is 5.52. The number of aromatic nitrogens is 2. The third-order valence-corrected chi connectivity index (χ3v) is 3.97. The summed E-state index contributed by atoms with van der Waals surface area (Å²) in [7, 11) is 0. The molecule has 0 amide bonds. The molecule has 0 aliphatic carbocycles. The predicted octanol–water partition coefficient (Wildman–Crippen LogP) is 3.20. The minimum Gasteiger partial charge on any atom is -0.349 e. The fraction of sp³-hybridized carbons (Fsp3) is 0.400. The van der Waals surface area contributed by atoms with Gasteiger partial charge in [-0.3, -0.25) is 9.97 Å². The molecule has 1 aliphatic heterocycles. The molecule has 20 heavy (non-hydrogen) atoms. The average Bonchev–Trinajstić information content (AvgIpc) is 2.76. The zero-order valence-electron chi connectivity index (χ0n) is 11.4. The molecule has 1 aromatic carbocycles. The summed E-state index contributed by atoms with van der Waals surface area (Å²) in [5.74, 6) is 0. The lowest BCUT2D eigenvalue weighted by molar-refractivity contribution is 0.441. The molecule has 0 radical (unpaired) electrons. The fourth-order valence-corrected chi connectivity index (χ4v) is 2.82. The van der Waals surface area contributed by atoms with Crippen molar-refractivity contribution in [2.24, 2.45) is 0 Å². The number of benzene rings is 1. The van der Waals surface area contributed by atoms with Crippen LogP contribution in [0, 0.1) is 0 Å². The molecule has 1 aromatic heterocycles. The zero-order valence-corrected chi connectivity index (χ0v) is 12.2. The van der Waals surface area contributed by atoms with Crippen LogP contribution in [0.15, 0.2) is 30.6 Å². The molecule has 5 heteroatoms. The van der Waals surface area contributed by atoms with Crippen LogP contribution in [0.5, 0.6) is 0 Å². The van der Waals surface area contributed by atoms with Crippen LogP contribution in [0.4, 0.5) is 5.69 Å². The van der Waals surface area contributed by atoms with E-state index in [-0.39, 0.29) is 0 Å². The second kappa shape index (κ2) is 6.13. The van der Waals surface area contributed by atoms with Crippen LogP contribution in [0.25, 0.3) is 11.0 Å². The highest BCUT2D eigenvalue weighted by Crippen LogP contribution is 2.17. The highest BCUT2D eigenvalue weighted by molar-refractivity contribution is 7.80. The van der Waals surface area contributed by atoms with E-state index in [0.29, 0.717) is 0 Å². The van der Waals surface area contributed by atoms with Gasteiger partial charge in [-0.25, -0.2) is 0 Å². The first-order valence-corrected chi connectivity index (χ1v) is 7.50. The number of rotatable bonds is 1. The Bertz CT molecular complexity index is 606. The van der Waals surface area contributed by atoms with Gasteiger partial charge in [0.25, 0.3) is 0 Å². The number of hydrogen-bond donors (Lipinski definition) is 1. The second-order valence-corrected chi connectivity index (χ2v) is 5.48. The molecular weight excluding hydrogens is 268 g/mol. The van der Waals surface area contributed by atoms with E-state index >= 15 is 0 Å². The van der Waals surface area contributed by atoms with Crippen molar-refractivity contribution in [1.82, 2.24) is 14.9 Å². The van der Waals surface area contributed by atoms with Crippen molar-refractivity contribution in [2.45, 2.75) is 25.7 Å². The normalized spacial score (nSPS) is 15.9. The van der Waals surface area contributed by atoms with Crippen LogP contribution in [-0.4, -0.2) is 33.1 Å². The molecule has 1 aliphatic rings. The van der Waals surface area contributed by atoms with Gasteiger partial charge in [-0.05, 0) is 43.3 Å². The molecule has 0 atom stereocenters. The number of nitrogens with one attached hydrogen (secondary N) is 1. The van der Waals surface area contributed by atoms with Gasteiger partial charge in [-0.2, -0.15) is 0 Å². The summed E-state index contributed by atoms with van der Waals surface area (Å²) >= 11 is 5.52. The van der Waals surface area contributed by atoms with Gasteiger partial charge < -0.3 is 10.2 Å². The summed E-state index contributed by atoms with van der Waals surface area (Å²) in [5.41, 5.74) is 2.77. The number of anilines is 1. The summed E-state index contributed by atoms with van der Waals surface area (Å²) in [6, 6.07) is 5.96. The monoisotopic (exact) mass is 286 g/mol. The van der Waals surface area contributed by atoms with Crippen LogP contribution >= 0.6 is 12.2 Å². The lowest BCUT2D eigenvalue weighted by atomic mass is 10.2. The maximum atomic E-state index is 5.52. The summed E-state index contributed by atoms with van der Waals surface area (Å²) < 4.78 is 0. The van der Waals surface area contributed by atoms with Crippen LogP contribution in [0.2, 0.25) is 0 Å². The van der Waals surface area contributed by atoms with E-state index in [9.17, 15) is 0 Å². The minimum atomic E-state index is 0.815. The molecule has 2 heterocycles. The number of likely N-dealkylation sites (tertiary alicyclic amines) is 1. The van der Waals surface area contributed by atoms with Crippen LogP contribution < -0.4 is 5.32 Å². The lowest BCUT2D eigenvalue weighted by Gasteiger charge is -2.23. The van der Waals surface area contributed by atoms with Gasteiger partial charge in [0.1, 0.15) is 0 Å². The van der Waals surface area contributed by atoms with Crippen molar-refractivity contribution < 1.29 is 0 Å². The maximum Gasteiger partial charge on any atom is 0.173 e. The third kappa shape index (κ3) is 3.04. The molecule has 1 N–H and O–H groups in total. The molecule has 1 fully saturated rings. The van der Waals surface area contributed by atoms with Gasteiger partial charge in [0.15, 0.2) is 5.11 Å². The number of nitrogens with zero attached hydrogens (tertiary/aromatic N) is 3. The molecule has 0 bridgehead atoms. The van der Waals surface area contributed by atoms with Gasteiger partial charge >= 0.3 is 0 Å². The SMILES string of the molecule is S=C(Nc1ccc2nccnc2c1)N1CCCCCC1. The molecule has 0 unspecified atom stereocenters. The molecule has 0 saturated carbocycles. The van der Waals surface area contributed by atoms with Gasteiger partial charge in [-0.1, -0.05) is 12.8 Å². The zero-order chi connectivity index (χ0) is 13.8. The topological polar surface area (TPSA) is 41.1 Å². The fourth-order valence-electron chi connectivity index (χ4n) is 2.52. The van der Waals surface area contributed by atoms with E-state index in [1.165, 1.54) is 25.7 Å². The highest BCUT2D eigenvalue weighted by Gasteiger charge is 2.12. The molecule has 2 aromatic rings. The van der Waals surface area contributed by atoms with E-state index < -0.39 is 0 Å². The third-order valence-electron chi connectivity index (χ3n) is 3.61. The Morgan fingerprint density at radius 2 is 1.70 bits per heavy atom. The van der Waals surface area contributed by atoms with Gasteiger partial charge in [-0.15, -0.1) is 0 Å². The smallest absolute Gasteiger partial charge is 0.173 e. The van der Waals surface area contributed by atoms with E-state index in [1.54, 1.807) is 12.4 Å². The minimum absolute atomic E-state index is 0.815. The van der Waals surface area contributed by atoms with Crippen molar-refractivity contribution in [3.8, 4) is 0 Å². The first-order chi connectivity index (χ1) is 9.83. The Kier molecular flexibility index (Phi) is 4.06. The molecule has 0 spiro atoms. The first kappa shape index (κ1) is 13.2. The summed E-state index contributed by atoms with van der Waals surface area (Å²) in [6.45, 7) is 2.11. The Hall–Kier alpha value is -1.75. The van der Waals surface area contributed by atoms with E-state index in [0.717, 1.165) is 34.9 Å². The summed E-state index contributed by atoms with van der Waals surface area (Å²) in [5, 5.41) is 4.14. The van der Waals surface area contributed by atoms with Gasteiger partial charge in [0.2, 0.25) is 0 Å². The second-order valence-electron chi connectivity index (χ2n) is 5.09. The summed E-state index contributed by atoms with van der Waals surface area (Å²) in [4.78, 5) is 10.9. The van der Waals surface area contributed by atoms with Gasteiger partial charge in [0, 0.05) is 31.2 Å². The molecule has 3 rings (SSSR count). The van der Waals surface area contributed by atoms with Crippen molar-refractivity contribution in [3.05, 3.63) is 30.6 Å². The lowest BCUT2D eigenvalue weighted by Crippen LogP contribution is -2.35. The first-order valence-electron chi connectivity index (χ1n) is 7.10. The van der Waals surface area contributed by atoms with Crippen molar-refractivity contribution in [1.29, 1.82) is 0 Å². The molecular formula is C15H18N4S. The van der Waals surface area contributed by atoms with Crippen LogP contribution in [0.1, 0.15) is 25.7 Å². The van der Waals surface area contributed by atoms with Crippen LogP contribution in [-0.2, 0) is 0 Å². The molecule has 4 nitrogen and oxygen atoms in total. The quantitative estimate of drug-likeness (QED) is 0.815. The van der Waals surface area contributed by atoms with E-state index in [1.807, 2.05) is 18.2 Å². The van der Waals surface area contributed by atoms with Crippen LogP contribution in [0.3, 0.4) is 0 Å². The Labute approximate surface area is 124 Å². The summed E-state index contributed by atoms with van der Waals surface area (Å²) in [6.07, 6.45) is 8.49. The number of thiocarbonyl (C=S) groups is 1. The number of hydrogen-bond acceptors (Lipinski definition) is 3. The standard InChI is InChI=1S/C15H18N4S/c20-15(19-9-3-1-2-4-10-19)18-12-5-6-13-14(11-12)17-8-7-16-13/h5-8,11H,1-4,9-10H2,(H,18,20). The Balaban J connectivity index is 1.73. The molecule has 1 saturated heterocycles. The predicted molar refractivity (Wildman–Crippen MR) is 85.8 cm³/mol. The van der Waals surface area contributed by atoms with E-state index in [2.05, 4.69) is 20.2 Å². The largest absolute Gasteiger partial charge is 0.349 e.